The van der Waals surface area contributed by atoms with E-state index in [1.165, 1.54) is 24.4 Å². The summed E-state index contributed by atoms with van der Waals surface area (Å²) in [4.78, 5) is 31.9. The second-order valence-electron chi connectivity index (χ2n) is 7.31. The Kier molecular flexibility index (Phi) is 7.94. The largest absolute Gasteiger partial charge is 0.449 e. The van der Waals surface area contributed by atoms with Gasteiger partial charge in [-0.3, -0.25) is 4.90 Å². The van der Waals surface area contributed by atoms with E-state index >= 15 is 0 Å². The van der Waals surface area contributed by atoms with Gasteiger partial charge in [0, 0.05) is 32.7 Å². The summed E-state index contributed by atoms with van der Waals surface area (Å²) in [6.45, 7) is 5.41. The zero-order chi connectivity index (χ0) is 22.9. The van der Waals surface area contributed by atoms with Crippen molar-refractivity contribution in [1.82, 2.24) is 14.8 Å². The SMILES string of the molecule is CCCOC(=O)N1CCN(Cc2ccc(F)c(NC(=O)Nc3ccc(C#N)nc3)c2)CC1. The lowest BCUT2D eigenvalue weighted by Crippen LogP contribution is -2.48. The van der Waals surface area contributed by atoms with Crippen LogP contribution in [0.5, 0.6) is 0 Å². The predicted molar refractivity (Wildman–Crippen MR) is 116 cm³/mol. The number of ether oxygens (including phenoxy) is 1. The van der Waals surface area contributed by atoms with Crippen LogP contribution in [-0.2, 0) is 11.3 Å². The second-order valence-corrected chi connectivity index (χ2v) is 7.31. The van der Waals surface area contributed by atoms with Crippen LogP contribution >= 0.6 is 0 Å². The predicted octanol–water partition coefficient (Wildman–Crippen LogP) is 3.40. The number of nitrogens with one attached hydrogen (secondary N) is 2. The number of piperazine rings is 1. The topological polar surface area (TPSA) is 111 Å². The lowest BCUT2D eigenvalue weighted by molar-refractivity contribution is 0.0746. The van der Waals surface area contributed by atoms with E-state index < -0.39 is 11.8 Å². The summed E-state index contributed by atoms with van der Waals surface area (Å²) >= 11 is 0. The van der Waals surface area contributed by atoms with Gasteiger partial charge < -0.3 is 20.3 Å². The first-order valence-corrected chi connectivity index (χ1v) is 10.3. The number of hydrogen-bond donors (Lipinski definition) is 2. The van der Waals surface area contributed by atoms with Crippen molar-refractivity contribution >= 4 is 23.5 Å². The molecule has 1 aromatic heterocycles. The summed E-state index contributed by atoms with van der Waals surface area (Å²) in [7, 11) is 0. The molecule has 3 rings (SSSR count). The number of aromatic nitrogens is 1. The van der Waals surface area contributed by atoms with Gasteiger partial charge in [0.1, 0.15) is 17.6 Å². The number of nitriles is 1. The van der Waals surface area contributed by atoms with Crippen molar-refractivity contribution in [3.63, 3.8) is 0 Å². The summed E-state index contributed by atoms with van der Waals surface area (Å²) in [6, 6.07) is 8.86. The molecule has 1 fully saturated rings. The third-order valence-electron chi connectivity index (χ3n) is 4.88. The molecule has 0 spiro atoms. The van der Waals surface area contributed by atoms with E-state index in [2.05, 4.69) is 20.5 Å². The highest BCUT2D eigenvalue weighted by atomic mass is 19.1. The molecular weight excluding hydrogens is 415 g/mol. The van der Waals surface area contributed by atoms with Gasteiger partial charge in [0.15, 0.2) is 0 Å². The van der Waals surface area contributed by atoms with E-state index in [1.54, 1.807) is 17.0 Å². The number of anilines is 2. The zero-order valence-corrected chi connectivity index (χ0v) is 17.8. The van der Waals surface area contributed by atoms with Crippen LogP contribution in [0.25, 0.3) is 0 Å². The fourth-order valence-electron chi connectivity index (χ4n) is 3.21. The van der Waals surface area contributed by atoms with E-state index in [-0.39, 0.29) is 17.5 Å². The van der Waals surface area contributed by atoms with Crippen LogP contribution in [0.2, 0.25) is 0 Å². The Morgan fingerprint density at radius 1 is 1.19 bits per heavy atom. The fourth-order valence-corrected chi connectivity index (χ4v) is 3.21. The number of nitrogens with zero attached hydrogens (tertiary/aromatic N) is 4. The molecule has 0 bridgehead atoms. The number of carbonyl (C=O) groups is 2. The Morgan fingerprint density at radius 3 is 2.62 bits per heavy atom. The molecule has 0 aliphatic carbocycles. The molecule has 168 valence electrons. The van der Waals surface area contributed by atoms with Crippen LogP contribution in [0.3, 0.4) is 0 Å². The highest BCUT2D eigenvalue weighted by Gasteiger charge is 2.22. The number of amides is 3. The average Bonchev–Trinajstić information content (AvgIpc) is 2.80. The van der Waals surface area contributed by atoms with Crippen LogP contribution in [0, 0.1) is 17.1 Å². The van der Waals surface area contributed by atoms with E-state index in [0.717, 1.165) is 12.0 Å². The summed E-state index contributed by atoms with van der Waals surface area (Å²) < 4.78 is 19.4. The van der Waals surface area contributed by atoms with Crippen molar-refractivity contribution < 1.29 is 18.7 Å². The first-order chi connectivity index (χ1) is 15.5. The molecule has 2 heterocycles. The van der Waals surface area contributed by atoms with Crippen molar-refractivity contribution in [3.05, 3.63) is 53.6 Å². The Labute approximate surface area is 185 Å². The molecule has 0 radical (unpaired) electrons. The maximum absolute atomic E-state index is 14.2. The average molecular weight is 440 g/mol. The normalized spacial score (nSPS) is 13.8. The highest BCUT2D eigenvalue weighted by Crippen LogP contribution is 2.19. The molecule has 0 atom stereocenters. The Hall–Kier alpha value is -3.71. The smallest absolute Gasteiger partial charge is 0.409 e. The number of benzene rings is 1. The molecule has 3 amide bonds. The third kappa shape index (κ3) is 6.39. The molecule has 1 saturated heterocycles. The van der Waals surface area contributed by atoms with Gasteiger partial charge in [-0.1, -0.05) is 13.0 Å². The number of carbonyl (C=O) groups excluding carboxylic acids is 2. The van der Waals surface area contributed by atoms with Gasteiger partial charge in [-0.2, -0.15) is 5.26 Å². The number of urea groups is 1. The van der Waals surface area contributed by atoms with E-state index in [9.17, 15) is 14.0 Å². The number of halogens is 1. The second kappa shape index (κ2) is 11.1. The number of hydrogen-bond acceptors (Lipinski definition) is 6. The van der Waals surface area contributed by atoms with Crippen LogP contribution in [0.4, 0.5) is 25.4 Å². The standard InChI is InChI=1S/C22H25FN6O3/c1-2-11-32-22(31)29-9-7-28(8-10-29)15-16-3-6-19(23)20(12-16)27-21(30)26-18-5-4-17(13-24)25-14-18/h3-6,12,14H,2,7-11,15H2,1H3,(H2,26,27,30). The van der Waals surface area contributed by atoms with Crippen LogP contribution in [-0.4, -0.2) is 59.7 Å². The maximum atomic E-state index is 14.2. The van der Waals surface area contributed by atoms with Crippen molar-refractivity contribution in [2.24, 2.45) is 0 Å². The van der Waals surface area contributed by atoms with Gasteiger partial charge >= 0.3 is 12.1 Å². The fraction of sp³-hybridized carbons (Fsp3) is 0.364. The maximum Gasteiger partial charge on any atom is 0.409 e. The summed E-state index contributed by atoms with van der Waals surface area (Å²) in [5.74, 6) is -0.551. The highest BCUT2D eigenvalue weighted by molar-refractivity contribution is 5.99. The van der Waals surface area contributed by atoms with Gasteiger partial charge in [-0.25, -0.2) is 19.0 Å². The van der Waals surface area contributed by atoms with Gasteiger partial charge in [0.25, 0.3) is 0 Å². The first kappa shape index (κ1) is 23.0. The molecule has 10 heteroatoms. The van der Waals surface area contributed by atoms with Gasteiger partial charge in [-0.05, 0) is 36.2 Å². The van der Waals surface area contributed by atoms with Crippen molar-refractivity contribution in [2.75, 3.05) is 43.4 Å². The molecule has 1 aliphatic rings. The first-order valence-electron chi connectivity index (χ1n) is 10.3. The van der Waals surface area contributed by atoms with E-state index in [4.69, 9.17) is 10.00 Å². The van der Waals surface area contributed by atoms with E-state index in [1.807, 2.05) is 13.0 Å². The molecule has 1 aliphatic heterocycles. The molecule has 32 heavy (non-hydrogen) atoms. The molecule has 0 saturated carbocycles. The minimum absolute atomic E-state index is 0.0587. The van der Waals surface area contributed by atoms with Gasteiger partial charge in [0.2, 0.25) is 0 Å². The van der Waals surface area contributed by atoms with Crippen molar-refractivity contribution in [3.8, 4) is 6.07 Å². The van der Waals surface area contributed by atoms with Gasteiger partial charge in [-0.15, -0.1) is 0 Å². The minimum Gasteiger partial charge on any atom is -0.449 e. The summed E-state index contributed by atoms with van der Waals surface area (Å²) in [5.41, 5.74) is 1.51. The van der Waals surface area contributed by atoms with Crippen LogP contribution in [0.1, 0.15) is 24.6 Å². The number of rotatable bonds is 6. The lowest BCUT2D eigenvalue weighted by Gasteiger charge is -2.34. The molecule has 0 unspecified atom stereocenters. The van der Waals surface area contributed by atoms with Crippen molar-refractivity contribution in [2.45, 2.75) is 19.9 Å². The third-order valence-corrected chi connectivity index (χ3v) is 4.88. The molecule has 1 aromatic carbocycles. The van der Waals surface area contributed by atoms with Crippen LogP contribution in [0.15, 0.2) is 36.5 Å². The van der Waals surface area contributed by atoms with Crippen LogP contribution < -0.4 is 10.6 Å². The lowest BCUT2D eigenvalue weighted by atomic mass is 10.1. The molecular formula is C22H25FN6O3. The zero-order valence-electron chi connectivity index (χ0n) is 17.8. The minimum atomic E-state index is -0.619. The Balaban J connectivity index is 1.53. The summed E-state index contributed by atoms with van der Waals surface area (Å²) in [5, 5.41) is 13.8. The monoisotopic (exact) mass is 440 g/mol. The Bertz CT molecular complexity index is 984. The molecule has 2 aromatic rings. The van der Waals surface area contributed by atoms with Crippen molar-refractivity contribution in [1.29, 1.82) is 5.26 Å². The molecule has 9 nitrogen and oxygen atoms in total. The number of pyridine rings is 1. The molecule has 2 N–H and O–H groups in total. The summed E-state index contributed by atoms with van der Waals surface area (Å²) in [6.07, 6.45) is 1.85. The quantitative estimate of drug-likeness (QED) is 0.712. The van der Waals surface area contributed by atoms with Gasteiger partial charge in [0.05, 0.1) is 24.2 Å². The Morgan fingerprint density at radius 2 is 1.97 bits per heavy atom. The van der Waals surface area contributed by atoms with E-state index in [0.29, 0.717) is 45.0 Å².